The van der Waals surface area contributed by atoms with Crippen molar-refractivity contribution in [1.82, 2.24) is 0 Å². The van der Waals surface area contributed by atoms with Crippen molar-refractivity contribution in [3.63, 3.8) is 0 Å². The Morgan fingerprint density at radius 1 is 1.06 bits per heavy atom. The smallest absolute Gasteiger partial charge is 0.151 e. The van der Waals surface area contributed by atoms with E-state index in [1.165, 1.54) is 16.7 Å². The average Bonchev–Trinajstić information content (AvgIpc) is 2.66. The van der Waals surface area contributed by atoms with Crippen molar-refractivity contribution in [2.75, 3.05) is 0 Å². The lowest BCUT2D eigenvalue weighted by atomic mass is 10.0. The SMILES string of the molecule is O=Cc1c(Br)ccc2c1Cc1cc(Br)ccc1-2. The van der Waals surface area contributed by atoms with Crippen molar-refractivity contribution in [3.05, 3.63) is 56.0 Å². The van der Waals surface area contributed by atoms with E-state index in [1.54, 1.807) is 0 Å². The molecular formula is C14H8Br2O. The van der Waals surface area contributed by atoms with Gasteiger partial charge in [0.1, 0.15) is 0 Å². The molecule has 3 heteroatoms. The Labute approximate surface area is 116 Å². The predicted octanol–water partition coefficient (Wildman–Crippen LogP) is 4.60. The topological polar surface area (TPSA) is 17.1 Å². The number of carbonyl (C=O) groups is 1. The van der Waals surface area contributed by atoms with Crippen LogP contribution in [0.5, 0.6) is 0 Å². The predicted molar refractivity (Wildman–Crippen MR) is 75.5 cm³/mol. The number of fused-ring (bicyclic) bond motifs is 3. The third-order valence-corrected chi connectivity index (χ3v) is 4.33. The fraction of sp³-hybridized carbons (Fsp3) is 0.0714. The second kappa shape index (κ2) is 4.07. The minimum absolute atomic E-state index is 0.773. The molecule has 1 aliphatic carbocycles. The Kier molecular flexibility index (Phi) is 2.68. The Morgan fingerprint density at radius 2 is 1.82 bits per heavy atom. The molecule has 2 aromatic carbocycles. The van der Waals surface area contributed by atoms with E-state index >= 15 is 0 Å². The van der Waals surface area contributed by atoms with Gasteiger partial charge in [0.05, 0.1) is 0 Å². The van der Waals surface area contributed by atoms with E-state index in [4.69, 9.17) is 0 Å². The normalized spacial score (nSPS) is 12.1. The summed E-state index contributed by atoms with van der Waals surface area (Å²) in [5.74, 6) is 0. The third kappa shape index (κ3) is 1.69. The molecule has 0 N–H and O–H groups in total. The summed E-state index contributed by atoms with van der Waals surface area (Å²) in [5, 5.41) is 0. The Morgan fingerprint density at radius 3 is 2.59 bits per heavy atom. The average molecular weight is 352 g/mol. The van der Waals surface area contributed by atoms with Crippen molar-refractivity contribution >= 4 is 38.1 Å². The number of rotatable bonds is 1. The molecule has 0 atom stereocenters. The van der Waals surface area contributed by atoms with Gasteiger partial charge in [0, 0.05) is 14.5 Å². The molecule has 0 amide bonds. The van der Waals surface area contributed by atoms with Crippen LogP contribution in [-0.2, 0) is 6.42 Å². The van der Waals surface area contributed by atoms with E-state index < -0.39 is 0 Å². The van der Waals surface area contributed by atoms with Crippen molar-refractivity contribution in [2.24, 2.45) is 0 Å². The zero-order chi connectivity index (χ0) is 12.0. The van der Waals surface area contributed by atoms with Gasteiger partial charge in [-0.2, -0.15) is 0 Å². The standard InChI is InChI=1S/C14H8Br2O/c15-9-1-2-10-8(5-9)6-12-11(10)3-4-14(16)13(12)7-17/h1-5,7H,6H2. The monoisotopic (exact) mass is 350 g/mol. The fourth-order valence-electron chi connectivity index (χ4n) is 2.37. The first-order chi connectivity index (χ1) is 8.20. The van der Waals surface area contributed by atoms with Gasteiger partial charge >= 0.3 is 0 Å². The van der Waals surface area contributed by atoms with Gasteiger partial charge in [0.25, 0.3) is 0 Å². The van der Waals surface area contributed by atoms with Gasteiger partial charge in [0.2, 0.25) is 0 Å². The van der Waals surface area contributed by atoms with E-state index in [-0.39, 0.29) is 0 Å². The van der Waals surface area contributed by atoms with E-state index in [1.807, 2.05) is 12.1 Å². The summed E-state index contributed by atoms with van der Waals surface area (Å²) < 4.78 is 1.95. The molecule has 0 fully saturated rings. The van der Waals surface area contributed by atoms with Gasteiger partial charge < -0.3 is 0 Å². The molecule has 84 valence electrons. The number of halogens is 2. The molecule has 0 heterocycles. The second-order valence-electron chi connectivity index (χ2n) is 4.08. The minimum atomic E-state index is 0.773. The third-order valence-electron chi connectivity index (χ3n) is 3.15. The van der Waals surface area contributed by atoms with Crippen LogP contribution in [0, 0.1) is 0 Å². The molecule has 0 aliphatic heterocycles. The summed E-state index contributed by atoms with van der Waals surface area (Å²) in [6.07, 6.45) is 1.77. The molecule has 0 saturated carbocycles. The van der Waals surface area contributed by atoms with E-state index in [0.717, 1.165) is 32.8 Å². The molecule has 0 aromatic heterocycles. The molecule has 17 heavy (non-hydrogen) atoms. The first-order valence-electron chi connectivity index (χ1n) is 5.26. The molecule has 2 aromatic rings. The summed E-state index contributed by atoms with van der Waals surface area (Å²) in [6.45, 7) is 0. The van der Waals surface area contributed by atoms with Crippen LogP contribution in [0.1, 0.15) is 21.5 Å². The van der Waals surface area contributed by atoms with Crippen LogP contribution in [0.2, 0.25) is 0 Å². The highest BCUT2D eigenvalue weighted by atomic mass is 79.9. The Balaban J connectivity index is 2.28. The van der Waals surface area contributed by atoms with Crippen LogP contribution in [0.25, 0.3) is 11.1 Å². The summed E-state index contributed by atoms with van der Waals surface area (Å²) in [7, 11) is 0. The van der Waals surface area contributed by atoms with Crippen LogP contribution in [0.3, 0.4) is 0 Å². The molecule has 1 aliphatic rings. The van der Waals surface area contributed by atoms with Crippen LogP contribution >= 0.6 is 31.9 Å². The van der Waals surface area contributed by atoms with Gasteiger partial charge in [0.15, 0.2) is 6.29 Å². The lowest BCUT2D eigenvalue weighted by Crippen LogP contribution is -1.92. The highest BCUT2D eigenvalue weighted by Gasteiger charge is 2.22. The Bertz CT molecular complexity index is 632. The van der Waals surface area contributed by atoms with Gasteiger partial charge in [-0.25, -0.2) is 0 Å². The zero-order valence-electron chi connectivity index (χ0n) is 8.84. The molecule has 1 nitrogen and oxygen atoms in total. The van der Waals surface area contributed by atoms with E-state index in [9.17, 15) is 4.79 Å². The van der Waals surface area contributed by atoms with Gasteiger partial charge in [-0.3, -0.25) is 4.79 Å². The van der Waals surface area contributed by atoms with Crippen molar-refractivity contribution in [2.45, 2.75) is 6.42 Å². The first-order valence-corrected chi connectivity index (χ1v) is 6.84. The molecule has 0 bridgehead atoms. The van der Waals surface area contributed by atoms with E-state index in [2.05, 4.69) is 50.1 Å². The van der Waals surface area contributed by atoms with Crippen LogP contribution in [-0.4, -0.2) is 6.29 Å². The fourth-order valence-corrected chi connectivity index (χ4v) is 3.24. The number of carbonyl (C=O) groups excluding carboxylic acids is 1. The maximum absolute atomic E-state index is 11.2. The second-order valence-corrected chi connectivity index (χ2v) is 5.85. The van der Waals surface area contributed by atoms with E-state index in [0.29, 0.717) is 0 Å². The molecule has 3 rings (SSSR count). The number of benzene rings is 2. The highest BCUT2D eigenvalue weighted by Crippen LogP contribution is 2.40. The van der Waals surface area contributed by atoms with Crippen LogP contribution in [0.15, 0.2) is 39.3 Å². The molecular weight excluding hydrogens is 344 g/mol. The van der Waals surface area contributed by atoms with Gasteiger partial charge in [-0.1, -0.05) is 44.0 Å². The molecule has 0 spiro atoms. The first kappa shape index (κ1) is 11.2. The highest BCUT2D eigenvalue weighted by molar-refractivity contribution is 9.10. The minimum Gasteiger partial charge on any atom is -0.298 e. The summed E-state index contributed by atoms with van der Waals surface area (Å²) >= 11 is 6.91. The molecule has 0 saturated heterocycles. The lowest BCUT2D eigenvalue weighted by molar-refractivity contribution is 0.112. The number of aldehydes is 1. The number of hydrogen-bond acceptors (Lipinski definition) is 1. The lowest BCUT2D eigenvalue weighted by Gasteiger charge is -2.05. The summed E-state index contributed by atoms with van der Waals surface area (Å²) in [4.78, 5) is 11.2. The zero-order valence-corrected chi connectivity index (χ0v) is 12.0. The maximum atomic E-state index is 11.2. The van der Waals surface area contributed by atoms with Crippen molar-refractivity contribution in [1.29, 1.82) is 0 Å². The van der Waals surface area contributed by atoms with Crippen molar-refractivity contribution in [3.8, 4) is 11.1 Å². The quantitative estimate of drug-likeness (QED) is 0.586. The molecule has 0 radical (unpaired) electrons. The molecule has 0 unspecified atom stereocenters. The summed E-state index contributed by atoms with van der Waals surface area (Å²) in [5.41, 5.74) is 5.59. The van der Waals surface area contributed by atoms with Crippen LogP contribution < -0.4 is 0 Å². The number of hydrogen-bond donors (Lipinski definition) is 0. The van der Waals surface area contributed by atoms with Crippen molar-refractivity contribution < 1.29 is 4.79 Å². The maximum Gasteiger partial charge on any atom is 0.151 e. The summed E-state index contributed by atoms with van der Waals surface area (Å²) in [6, 6.07) is 10.3. The Hall–Kier alpha value is -0.930. The van der Waals surface area contributed by atoms with Crippen LogP contribution in [0.4, 0.5) is 0 Å². The van der Waals surface area contributed by atoms with Gasteiger partial charge in [-0.05, 0) is 46.9 Å². The van der Waals surface area contributed by atoms with Gasteiger partial charge in [-0.15, -0.1) is 0 Å². The largest absolute Gasteiger partial charge is 0.298 e.